The Kier molecular flexibility index (Phi) is 8.37. The summed E-state index contributed by atoms with van der Waals surface area (Å²) in [5, 5.41) is 11.8. The zero-order chi connectivity index (χ0) is 29.0. The van der Waals surface area contributed by atoms with Crippen molar-refractivity contribution in [2.24, 2.45) is 0 Å². The number of nitro groups is 1. The monoisotopic (exact) mass is 554 g/mol. The minimum Gasteiger partial charge on any atom is -0.493 e. The van der Waals surface area contributed by atoms with Crippen molar-refractivity contribution in [1.29, 1.82) is 0 Å². The zero-order valence-electron chi connectivity index (χ0n) is 21.6. The van der Waals surface area contributed by atoms with Gasteiger partial charge in [-0.3, -0.25) is 24.6 Å². The summed E-state index contributed by atoms with van der Waals surface area (Å²) in [6.07, 6.45) is -1.60. The lowest BCUT2D eigenvalue weighted by atomic mass is 9.94. The predicted molar refractivity (Wildman–Crippen MR) is 136 cm³/mol. The van der Waals surface area contributed by atoms with Crippen molar-refractivity contribution < 1.29 is 42.3 Å². The van der Waals surface area contributed by atoms with E-state index in [1.165, 1.54) is 24.0 Å². The summed E-state index contributed by atoms with van der Waals surface area (Å²) in [6, 6.07) is 13.6. The van der Waals surface area contributed by atoms with Crippen LogP contribution in [-0.2, 0) is 34.0 Å². The van der Waals surface area contributed by atoms with E-state index < -0.39 is 63.4 Å². The first-order chi connectivity index (χ1) is 19.2. The summed E-state index contributed by atoms with van der Waals surface area (Å²) < 4.78 is 46.3. The molecule has 1 aliphatic heterocycles. The number of fused-ring (bicyclic) bond motifs is 1. The number of hydrogen-bond acceptors (Lipinski definition) is 8. The molecule has 0 radical (unpaired) electrons. The van der Waals surface area contributed by atoms with E-state index in [-0.39, 0.29) is 31.9 Å². The first-order valence-electron chi connectivity index (χ1n) is 12.2. The molecule has 0 saturated heterocycles. The van der Waals surface area contributed by atoms with Crippen molar-refractivity contribution in [1.82, 2.24) is 4.90 Å². The fourth-order valence-electron chi connectivity index (χ4n) is 4.45. The molecule has 4 rings (SSSR count). The Labute approximate surface area is 227 Å². The van der Waals surface area contributed by atoms with Crippen LogP contribution >= 0.6 is 0 Å². The van der Waals surface area contributed by atoms with Gasteiger partial charge < -0.3 is 14.2 Å². The van der Waals surface area contributed by atoms with Crippen molar-refractivity contribution in [2.45, 2.75) is 33.0 Å². The number of nitrogens with zero attached hydrogens (tertiary/aromatic N) is 2. The van der Waals surface area contributed by atoms with Crippen LogP contribution in [0.1, 0.15) is 40.4 Å². The topological polar surface area (TPSA) is 125 Å². The molecule has 3 aromatic rings. The molecule has 1 amide bonds. The van der Waals surface area contributed by atoms with Gasteiger partial charge in [-0.2, -0.15) is 4.39 Å². The van der Waals surface area contributed by atoms with E-state index in [0.717, 1.165) is 18.2 Å². The molecule has 12 heteroatoms. The predicted octanol–water partition coefficient (Wildman–Crippen LogP) is 5.34. The molecule has 0 saturated carbocycles. The number of benzene rings is 3. The summed E-state index contributed by atoms with van der Waals surface area (Å²) in [6.45, 7) is 1.78. The van der Waals surface area contributed by atoms with Gasteiger partial charge in [-0.1, -0.05) is 42.5 Å². The van der Waals surface area contributed by atoms with Crippen LogP contribution < -0.4 is 4.74 Å². The Bertz CT molecular complexity index is 1490. The summed E-state index contributed by atoms with van der Waals surface area (Å²) in [5.74, 6) is -6.11. The summed E-state index contributed by atoms with van der Waals surface area (Å²) in [4.78, 5) is 49.0. The SMILES string of the molecule is CCOC(=O)CC(=O)c1c(F)c(OC)c(-c2ccc3c(c2)CN(C(=O)OCc2ccccc2)C3)c(F)c1[N+](=O)[O-]. The first-order valence-corrected chi connectivity index (χ1v) is 12.2. The molecule has 0 bridgehead atoms. The van der Waals surface area contributed by atoms with Gasteiger partial charge in [0.1, 0.15) is 18.6 Å². The van der Waals surface area contributed by atoms with Gasteiger partial charge in [-0.15, -0.1) is 0 Å². The van der Waals surface area contributed by atoms with Crippen LogP contribution in [0.25, 0.3) is 11.1 Å². The summed E-state index contributed by atoms with van der Waals surface area (Å²) in [5.41, 5.74) is -1.08. The molecule has 0 aliphatic carbocycles. The van der Waals surface area contributed by atoms with E-state index in [0.29, 0.717) is 5.56 Å². The van der Waals surface area contributed by atoms with Gasteiger partial charge in [0.25, 0.3) is 0 Å². The second-order valence-electron chi connectivity index (χ2n) is 8.80. The van der Waals surface area contributed by atoms with E-state index in [9.17, 15) is 24.5 Å². The van der Waals surface area contributed by atoms with E-state index in [1.807, 2.05) is 30.3 Å². The molecule has 0 unspecified atom stereocenters. The number of esters is 1. The highest BCUT2D eigenvalue weighted by atomic mass is 19.1. The number of Topliss-reactive ketones (excluding diaryl/α,β-unsaturated/α-hetero) is 1. The van der Waals surface area contributed by atoms with E-state index in [1.54, 1.807) is 6.07 Å². The normalized spacial score (nSPS) is 12.1. The standard InChI is InChI=1S/C28H24F2N2O8/c1-3-39-21(34)12-20(33)23-25(30)27(38-2)22(24(29)26(23)32(36)37)17-9-10-18-13-31(14-19(18)11-17)28(35)40-15-16-7-5-4-6-8-16/h4-11H,3,12-15H2,1-2H3. The number of hydrogen-bond donors (Lipinski definition) is 0. The second kappa shape index (κ2) is 11.9. The number of methoxy groups -OCH3 is 1. The molecule has 0 atom stereocenters. The highest BCUT2D eigenvalue weighted by Gasteiger charge is 2.37. The molecule has 10 nitrogen and oxygen atoms in total. The lowest BCUT2D eigenvalue weighted by Gasteiger charge is -2.15. The molecule has 208 valence electrons. The molecule has 1 aliphatic rings. The number of amides is 1. The number of rotatable bonds is 9. The molecule has 1 heterocycles. The molecule has 0 N–H and O–H groups in total. The van der Waals surface area contributed by atoms with Gasteiger partial charge in [-0.05, 0) is 35.2 Å². The number of carbonyl (C=O) groups excluding carboxylic acids is 3. The highest BCUT2D eigenvalue weighted by molar-refractivity contribution is 6.09. The number of ether oxygens (including phenoxy) is 3. The Morgan fingerprint density at radius 1 is 1.00 bits per heavy atom. The molecule has 0 aromatic heterocycles. The van der Waals surface area contributed by atoms with E-state index in [2.05, 4.69) is 4.74 Å². The van der Waals surface area contributed by atoms with Gasteiger partial charge in [0.2, 0.25) is 5.82 Å². The van der Waals surface area contributed by atoms with Gasteiger partial charge in [0.05, 0.1) is 24.2 Å². The van der Waals surface area contributed by atoms with Gasteiger partial charge in [0.15, 0.2) is 17.3 Å². The van der Waals surface area contributed by atoms with Crippen LogP contribution in [0.2, 0.25) is 0 Å². The fraction of sp³-hybridized carbons (Fsp3) is 0.250. The van der Waals surface area contributed by atoms with Crippen LogP contribution in [0.3, 0.4) is 0 Å². The molecule has 3 aromatic carbocycles. The Morgan fingerprint density at radius 2 is 1.70 bits per heavy atom. The van der Waals surface area contributed by atoms with Crippen molar-refractivity contribution in [3.63, 3.8) is 0 Å². The average molecular weight is 555 g/mol. The van der Waals surface area contributed by atoms with Gasteiger partial charge in [0, 0.05) is 13.1 Å². The second-order valence-corrected chi connectivity index (χ2v) is 8.80. The molecular weight excluding hydrogens is 530 g/mol. The molecule has 40 heavy (non-hydrogen) atoms. The lowest BCUT2D eigenvalue weighted by Crippen LogP contribution is -2.25. The maximum absolute atomic E-state index is 15.7. The van der Waals surface area contributed by atoms with Gasteiger partial charge >= 0.3 is 17.7 Å². The van der Waals surface area contributed by atoms with Crippen molar-refractivity contribution in [3.8, 4) is 16.9 Å². The van der Waals surface area contributed by atoms with E-state index in [4.69, 9.17) is 9.47 Å². The van der Waals surface area contributed by atoms with Crippen molar-refractivity contribution in [2.75, 3.05) is 13.7 Å². The minimum absolute atomic E-state index is 0.0268. The van der Waals surface area contributed by atoms with Crippen molar-refractivity contribution >= 4 is 23.5 Å². The van der Waals surface area contributed by atoms with E-state index >= 15 is 8.78 Å². The summed E-state index contributed by atoms with van der Waals surface area (Å²) in [7, 11) is 1.02. The van der Waals surface area contributed by atoms with Crippen LogP contribution in [0, 0.1) is 21.7 Å². The largest absolute Gasteiger partial charge is 0.493 e. The van der Waals surface area contributed by atoms with Crippen LogP contribution in [-0.4, -0.2) is 41.4 Å². The van der Waals surface area contributed by atoms with Crippen LogP contribution in [0.15, 0.2) is 48.5 Å². The fourth-order valence-corrected chi connectivity index (χ4v) is 4.45. The van der Waals surface area contributed by atoms with Crippen LogP contribution in [0.4, 0.5) is 19.3 Å². The zero-order valence-corrected chi connectivity index (χ0v) is 21.6. The number of halogens is 2. The quantitative estimate of drug-likeness (QED) is 0.114. The third kappa shape index (κ3) is 5.60. The number of carbonyl (C=O) groups is 3. The van der Waals surface area contributed by atoms with Crippen molar-refractivity contribution in [3.05, 3.63) is 92.5 Å². The average Bonchev–Trinajstić information content (AvgIpc) is 3.36. The Hall–Kier alpha value is -4.87. The molecular formula is C28H24F2N2O8. The molecule has 0 spiro atoms. The lowest BCUT2D eigenvalue weighted by molar-refractivity contribution is -0.387. The third-order valence-corrected chi connectivity index (χ3v) is 6.27. The minimum atomic E-state index is -1.51. The number of nitro benzene ring substituents is 1. The van der Waals surface area contributed by atoms with Gasteiger partial charge in [-0.25, -0.2) is 9.18 Å². The Morgan fingerprint density at radius 3 is 2.35 bits per heavy atom. The smallest absolute Gasteiger partial charge is 0.410 e. The third-order valence-electron chi connectivity index (χ3n) is 6.27. The maximum atomic E-state index is 15.7. The summed E-state index contributed by atoms with van der Waals surface area (Å²) >= 11 is 0. The first kappa shape index (κ1) is 28.1. The Balaban J connectivity index is 1.66. The maximum Gasteiger partial charge on any atom is 0.410 e. The van der Waals surface area contributed by atoms with Crippen LogP contribution in [0.5, 0.6) is 5.75 Å². The molecule has 0 fully saturated rings. The highest BCUT2D eigenvalue weighted by Crippen LogP contribution is 2.43. The number of ketones is 1.